The van der Waals surface area contributed by atoms with E-state index in [1.54, 1.807) is 16.7 Å². The zero-order valence-corrected chi connectivity index (χ0v) is 10.7. The van der Waals surface area contributed by atoms with Crippen molar-refractivity contribution in [3.05, 3.63) is 44.7 Å². The first-order valence-corrected chi connectivity index (χ1v) is 6.28. The molecular weight excluding hydrogens is 230 g/mol. The fourth-order valence-electron chi connectivity index (χ4n) is 2.19. The molecule has 1 heterocycles. The van der Waals surface area contributed by atoms with Gasteiger partial charge in [-0.3, -0.25) is 4.57 Å². The first kappa shape index (κ1) is 12.6. The van der Waals surface area contributed by atoms with Gasteiger partial charge in [0.2, 0.25) is 0 Å². The maximum atomic E-state index is 11.8. The fraction of sp³-hybridized carbons (Fsp3) is 0.429. The highest BCUT2D eigenvalue weighted by Gasteiger charge is 2.10. The highest BCUT2D eigenvalue weighted by Crippen LogP contribution is 2.14. The van der Waals surface area contributed by atoms with E-state index in [9.17, 15) is 9.59 Å². The zero-order valence-electron chi connectivity index (χ0n) is 10.7. The van der Waals surface area contributed by atoms with E-state index >= 15 is 0 Å². The predicted molar refractivity (Wildman–Crippen MR) is 71.0 cm³/mol. The third kappa shape index (κ3) is 2.23. The third-order valence-corrected chi connectivity index (χ3v) is 3.11. The Balaban J connectivity index is 2.64. The van der Waals surface area contributed by atoms with E-state index in [1.165, 1.54) is 0 Å². The van der Waals surface area contributed by atoms with Crippen LogP contribution in [-0.4, -0.2) is 4.57 Å². The molecule has 0 unspecified atom stereocenters. The largest absolute Gasteiger partial charge is 0.422 e. The van der Waals surface area contributed by atoms with Crippen molar-refractivity contribution in [2.45, 2.75) is 39.7 Å². The molecule has 1 aromatic heterocycles. The van der Waals surface area contributed by atoms with Gasteiger partial charge in [-0.25, -0.2) is 9.59 Å². The van der Waals surface area contributed by atoms with Crippen molar-refractivity contribution in [2.24, 2.45) is 0 Å². The molecule has 0 fully saturated rings. The topological polar surface area (TPSA) is 52.2 Å². The predicted octanol–water partition coefficient (Wildman–Crippen LogP) is 2.45. The highest BCUT2D eigenvalue weighted by molar-refractivity contribution is 5.80. The second-order valence-corrected chi connectivity index (χ2v) is 4.49. The molecule has 0 atom stereocenters. The number of hydrogen-bond donors (Lipinski definition) is 0. The second-order valence-electron chi connectivity index (χ2n) is 4.49. The van der Waals surface area contributed by atoms with Crippen LogP contribution < -0.4 is 11.4 Å². The van der Waals surface area contributed by atoms with Crippen LogP contribution in [0.25, 0.3) is 10.9 Å². The van der Waals surface area contributed by atoms with Crippen molar-refractivity contribution in [3.63, 3.8) is 0 Å². The van der Waals surface area contributed by atoms with E-state index < -0.39 is 11.4 Å². The maximum Gasteiger partial charge on any atom is 0.422 e. The van der Waals surface area contributed by atoms with E-state index in [0.717, 1.165) is 24.8 Å². The van der Waals surface area contributed by atoms with Gasteiger partial charge >= 0.3 is 11.4 Å². The van der Waals surface area contributed by atoms with E-state index in [-0.39, 0.29) is 0 Å². The number of nitrogens with zero attached hydrogens (tertiary/aromatic N) is 1. The van der Waals surface area contributed by atoms with Crippen LogP contribution in [0.15, 0.2) is 32.2 Å². The van der Waals surface area contributed by atoms with Crippen molar-refractivity contribution in [3.8, 4) is 0 Å². The number of rotatable bonds is 4. The zero-order chi connectivity index (χ0) is 13.1. The summed E-state index contributed by atoms with van der Waals surface area (Å²) < 4.78 is 6.33. The van der Waals surface area contributed by atoms with E-state index in [1.807, 2.05) is 13.0 Å². The van der Waals surface area contributed by atoms with Gasteiger partial charge < -0.3 is 4.42 Å². The van der Waals surface area contributed by atoms with Crippen molar-refractivity contribution in [1.82, 2.24) is 4.57 Å². The molecule has 0 aliphatic rings. The van der Waals surface area contributed by atoms with Gasteiger partial charge in [0.15, 0.2) is 0 Å². The summed E-state index contributed by atoms with van der Waals surface area (Å²) in [5, 5.41) is 0.478. The van der Waals surface area contributed by atoms with Crippen LogP contribution in [0, 0.1) is 6.92 Å². The van der Waals surface area contributed by atoms with E-state index in [0.29, 0.717) is 17.4 Å². The standard InChI is InChI=1S/C14H17NO3/c1-3-4-5-9-15-12-10(2)7-6-8-11(12)13(16)18-14(15)17/h6-8H,3-5,9H2,1-2H3. The second kappa shape index (κ2) is 5.21. The molecule has 0 saturated heterocycles. The first-order valence-electron chi connectivity index (χ1n) is 6.28. The monoisotopic (exact) mass is 247 g/mol. The van der Waals surface area contributed by atoms with Crippen LogP contribution >= 0.6 is 0 Å². The molecule has 0 bridgehead atoms. The Bertz CT molecular complexity index is 667. The summed E-state index contributed by atoms with van der Waals surface area (Å²) in [5.74, 6) is -0.557. The Morgan fingerprint density at radius 2 is 2.00 bits per heavy atom. The first-order chi connectivity index (χ1) is 8.65. The summed E-state index contributed by atoms with van der Waals surface area (Å²) in [7, 11) is 0. The van der Waals surface area contributed by atoms with Crippen LogP contribution in [0.4, 0.5) is 0 Å². The lowest BCUT2D eigenvalue weighted by Gasteiger charge is -2.09. The quantitative estimate of drug-likeness (QED) is 0.780. The maximum absolute atomic E-state index is 11.8. The fourth-order valence-corrected chi connectivity index (χ4v) is 2.19. The van der Waals surface area contributed by atoms with Crippen LogP contribution in [0.1, 0.15) is 31.7 Å². The van der Waals surface area contributed by atoms with Crippen molar-refractivity contribution >= 4 is 10.9 Å². The summed E-state index contributed by atoms with van der Waals surface area (Å²) in [6.45, 7) is 4.60. The molecular formula is C14H17NO3. The minimum atomic E-state index is -0.557. The number of aromatic nitrogens is 1. The SMILES string of the molecule is CCCCCn1c(=O)oc(=O)c2cccc(C)c21. The smallest absolute Gasteiger partial charge is 0.372 e. The molecule has 18 heavy (non-hydrogen) atoms. The third-order valence-electron chi connectivity index (χ3n) is 3.11. The highest BCUT2D eigenvalue weighted by atomic mass is 16.4. The summed E-state index contributed by atoms with van der Waals surface area (Å²) >= 11 is 0. The molecule has 0 N–H and O–H groups in total. The lowest BCUT2D eigenvalue weighted by Crippen LogP contribution is -2.25. The van der Waals surface area contributed by atoms with Crippen molar-refractivity contribution in [2.75, 3.05) is 0 Å². The van der Waals surface area contributed by atoms with Gasteiger partial charge in [0.25, 0.3) is 0 Å². The van der Waals surface area contributed by atoms with Gasteiger partial charge in [0, 0.05) is 6.54 Å². The molecule has 4 heteroatoms. The van der Waals surface area contributed by atoms with E-state index in [4.69, 9.17) is 4.42 Å². The number of aryl methyl sites for hydroxylation is 2. The number of unbranched alkanes of at least 4 members (excludes halogenated alkanes) is 2. The molecule has 0 radical (unpaired) electrons. The molecule has 0 aliphatic heterocycles. The van der Waals surface area contributed by atoms with E-state index in [2.05, 4.69) is 6.92 Å². The average Bonchev–Trinajstić information content (AvgIpc) is 2.34. The molecule has 4 nitrogen and oxygen atoms in total. The summed E-state index contributed by atoms with van der Waals surface area (Å²) in [6, 6.07) is 5.40. The van der Waals surface area contributed by atoms with Crippen LogP contribution in [0.5, 0.6) is 0 Å². The van der Waals surface area contributed by atoms with Crippen LogP contribution in [-0.2, 0) is 6.54 Å². The summed E-state index contributed by atoms with van der Waals surface area (Å²) in [5.41, 5.74) is 1.08. The minimum Gasteiger partial charge on any atom is -0.372 e. The van der Waals surface area contributed by atoms with Crippen LogP contribution in [0.2, 0.25) is 0 Å². The Morgan fingerprint density at radius 3 is 2.72 bits per heavy atom. The van der Waals surface area contributed by atoms with Gasteiger partial charge in [0.1, 0.15) is 0 Å². The molecule has 0 spiro atoms. The lowest BCUT2D eigenvalue weighted by molar-refractivity contribution is 0.410. The molecule has 2 aromatic rings. The number of para-hydroxylation sites is 1. The average molecular weight is 247 g/mol. The molecule has 0 aliphatic carbocycles. The minimum absolute atomic E-state index is 0.478. The number of benzene rings is 1. The molecule has 2 rings (SSSR count). The summed E-state index contributed by atoms with van der Waals surface area (Å²) in [6.07, 6.45) is 3.05. The van der Waals surface area contributed by atoms with Gasteiger partial charge in [-0.2, -0.15) is 0 Å². The Morgan fingerprint density at radius 1 is 1.22 bits per heavy atom. The van der Waals surface area contributed by atoms with Gasteiger partial charge in [-0.05, 0) is 25.0 Å². The Kier molecular flexibility index (Phi) is 3.65. The molecule has 1 aromatic carbocycles. The van der Waals surface area contributed by atoms with Gasteiger partial charge in [0.05, 0.1) is 10.9 Å². The van der Waals surface area contributed by atoms with Crippen molar-refractivity contribution in [1.29, 1.82) is 0 Å². The molecule has 96 valence electrons. The summed E-state index contributed by atoms with van der Waals surface area (Å²) in [4.78, 5) is 23.5. The van der Waals surface area contributed by atoms with Gasteiger partial charge in [-0.15, -0.1) is 0 Å². The number of fused-ring (bicyclic) bond motifs is 1. The molecule has 0 saturated carbocycles. The Hall–Kier alpha value is -1.84. The number of hydrogen-bond acceptors (Lipinski definition) is 3. The van der Waals surface area contributed by atoms with Crippen LogP contribution in [0.3, 0.4) is 0 Å². The van der Waals surface area contributed by atoms with Gasteiger partial charge in [-0.1, -0.05) is 31.9 Å². The molecule has 0 amide bonds. The Labute approximate surface area is 105 Å². The normalized spacial score (nSPS) is 11.0. The van der Waals surface area contributed by atoms with Crippen molar-refractivity contribution < 1.29 is 4.42 Å². The lowest BCUT2D eigenvalue weighted by atomic mass is 10.1.